The maximum Gasteiger partial charge on any atom is 0.416 e. The van der Waals surface area contributed by atoms with E-state index in [1.165, 1.54) is 23.5 Å². The highest BCUT2D eigenvalue weighted by molar-refractivity contribution is 7.18. The van der Waals surface area contributed by atoms with Crippen LogP contribution in [-0.2, 0) is 12.6 Å². The first-order valence-corrected chi connectivity index (χ1v) is 11.6. The molecule has 1 N–H and O–H groups in total. The van der Waals surface area contributed by atoms with Crippen molar-refractivity contribution in [1.82, 2.24) is 15.0 Å². The Morgan fingerprint density at radius 3 is 2.27 bits per heavy atom. The topological polar surface area (TPSA) is 53.9 Å². The molecule has 11 heteroatoms. The molecule has 33 heavy (non-hydrogen) atoms. The molecule has 4 aromatic rings. The van der Waals surface area contributed by atoms with Crippen molar-refractivity contribution >= 4 is 62.3 Å². The number of nitrogens with zero attached hydrogens (tertiary/aromatic N) is 4. The summed E-state index contributed by atoms with van der Waals surface area (Å²) in [6, 6.07) is 10.1. The second-order valence-corrected chi connectivity index (χ2v) is 9.43. The first kappa shape index (κ1) is 22.2. The summed E-state index contributed by atoms with van der Waals surface area (Å²) >= 11 is 14.1. The maximum atomic E-state index is 12.9. The van der Waals surface area contributed by atoms with E-state index in [0.29, 0.717) is 44.3 Å². The van der Waals surface area contributed by atoms with Crippen LogP contribution >= 0.6 is 34.5 Å². The fourth-order valence-electron chi connectivity index (χ4n) is 3.41. The van der Waals surface area contributed by atoms with Gasteiger partial charge < -0.3 is 10.2 Å². The van der Waals surface area contributed by atoms with Crippen molar-refractivity contribution in [2.24, 2.45) is 0 Å². The first-order chi connectivity index (χ1) is 15.8. The maximum absolute atomic E-state index is 12.9. The smallest absolute Gasteiger partial charge is 0.341 e. The Labute approximate surface area is 201 Å². The normalized spacial score (nSPS) is 13.9. The number of alkyl halides is 3. The van der Waals surface area contributed by atoms with E-state index >= 15 is 0 Å². The Morgan fingerprint density at radius 2 is 1.67 bits per heavy atom. The van der Waals surface area contributed by atoms with Crippen molar-refractivity contribution in [2.75, 3.05) is 23.3 Å². The lowest BCUT2D eigenvalue weighted by Crippen LogP contribution is -2.38. The summed E-state index contributed by atoms with van der Waals surface area (Å²) in [6.07, 6.45) is -2.91. The molecule has 0 saturated carbocycles. The molecule has 2 aromatic heterocycles. The van der Waals surface area contributed by atoms with E-state index < -0.39 is 11.7 Å². The highest BCUT2D eigenvalue weighted by atomic mass is 35.5. The van der Waals surface area contributed by atoms with Crippen LogP contribution in [0.15, 0.2) is 42.5 Å². The number of fused-ring (bicyclic) bond motifs is 1. The molecule has 0 spiro atoms. The number of aromatic nitrogens is 3. The summed E-state index contributed by atoms with van der Waals surface area (Å²) in [6.45, 7) is 1.71. The highest BCUT2D eigenvalue weighted by Gasteiger charge is 2.30. The Hall–Kier alpha value is -2.62. The van der Waals surface area contributed by atoms with Gasteiger partial charge in [0.25, 0.3) is 0 Å². The zero-order valence-electron chi connectivity index (χ0n) is 17.0. The molecule has 0 bridgehead atoms. The fraction of sp³-hybridized carbons (Fsp3) is 0.227. The Kier molecular flexibility index (Phi) is 5.80. The third-order valence-electron chi connectivity index (χ3n) is 5.29. The van der Waals surface area contributed by atoms with Gasteiger partial charge in [0.2, 0.25) is 5.95 Å². The molecule has 0 unspecified atom stereocenters. The van der Waals surface area contributed by atoms with Crippen LogP contribution in [0.1, 0.15) is 22.6 Å². The number of hydrogen-bond acceptors (Lipinski definition) is 6. The van der Waals surface area contributed by atoms with Gasteiger partial charge in [-0.2, -0.15) is 23.1 Å². The number of rotatable bonds is 5. The third-order valence-corrected chi connectivity index (χ3v) is 6.95. The van der Waals surface area contributed by atoms with Crippen LogP contribution in [-0.4, -0.2) is 28.0 Å². The van der Waals surface area contributed by atoms with Gasteiger partial charge in [-0.05, 0) is 48.4 Å². The van der Waals surface area contributed by atoms with E-state index in [1.54, 1.807) is 18.2 Å². The Morgan fingerprint density at radius 1 is 0.970 bits per heavy atom. The predicted octanol–water partition coefficient (Wildman–Crippen LogP) is 6.96. The van der Waals surface area contributed by atoms with Crippen LogP contribution in [0.2, 0.25) is 10.0 Å². The van der Waals surface area contributed by atoms with E-state index in [4.69, 9.17) is 28.2 Å². The summed E-state index contributed by atoms with van der Waals surface area (Å²) in [5.74, 6) is 1.00. The fourth-order valence-corrected chi connectivity index (χ4v) is 4.88. The zero-order chi connectivity index (χ0) is 23.2. The standard InChI is InChI=1S/C22H16Cl2F3N5S/c23-15-3-1-4-16(24)14(15)11-17-29-18-19(28-13-7-5-12(6-8-13)22(25,26)27)30-21(31-20(18)33-17)32-9-2-10-32/h1,3-8H,2,9-11H2,(H,28,30,31). The van der Waals surface area contributed by atoms with Crippen molar-refractivity contribution in [2.45, 2.75) is 19.0 Å². The van der Waals surface area contributed by atoms with Crippen LogP contribution in [0.25, 0.3) is 10.3 Å². The van der Waals surface area contributed by atoms with Gasteiger partial charge in [-0.1, -0.05) is 40.6 Å². The second-order valence-electron chi connectivity index (χ2n) is 7.55. The molecule has 0 radical (unpaired) electrons. The molecule has 0 aliphatic carbocycles. The second kappa shape index (κ2) is 8.62. The minimum absolute atomic E-state index is 0.429. The summed E-state index contributed by atoms with van der Waals surface area (Å²) < 4.78 is 38.7. The van der Waals surface area contributed by atoms with E-state index in [-0.39, 0.29) is 0 Å². The SMILES string of the molecule is FC(F)(F)c1ccc(Nc2nc(N3CCC3)nc3sc(Cc4c(Cl)cccc4Cl)nc23)cc1. The van der Waals surface area contributed by atoms with E-state index in [1.807, 2.05) is 4.90 Å². The zero-order valence-corrected chi connectivity index (χ0v) is 19.3. The molecule has 170 valence electrons. The Balaban J connectivity index is 1.52. The molecule has 3 heterocycles. The molecule has 1 aliphatic rings. The van der Waals surface area contributed by atoms with Gasteiger partial charge in [0.15, 0.2) is 10.6 Å². The first-order valence-electron chi connectivity index (χ1n) is 10.1. The molecule has 2 aromatic carbocycles. The average Bonchev–Trinajstić information content (AvgIpc) is 3.12. The van der Waals surface area contributed by atoms with Crippen molar-refractivity contribution in [3.05, 3.63) is 68.6 Å². The summed E-state index contributed by atoms with van der Waals surface area (Å²) in [5, 5.41) is 4.98. The van der Waals surface area contributed by atoms with E-state index in [0.717, 1.165) is 42.2 Å². The molecule has 5 nitrogen and oxygen atoms in total. The minimum Gasteiger partial charge on any atom is -0.341 e. The molecule has 1 aliphatic heterocycles. The van der Waals surface area contributed by atoms with Crippen molar-refractivity contribution < 1.29 is 13.2 Å². The lowest BCUT2D eigenvalue weighted by atomic mass is 10.1. The highest BCUT2D eigenvalue weighted by Crippen LogP contribution is 2.35. The quantitative estimate of drug-likeness (QED) is 0.315. The molecular formula is C22H16Cl2F3N5S. The van der Waals surface area contributed by atoms with E-state index in [2.05, 4.69) is 15.3 Å². The Bertz CT molecular complexity index is 1300. The number of halogens is 5. The molecule has 1 saturated heterocycles. The van der Waals surface area contributed by atoms with Gasteiger partial charge in [0.05, 0.1) is 5.56 Å². The van der Waals surface area contributed by atoms with Gasteiger partial charge in [-0.25, -0.2) is 4.98 Å². The van der Waals surface area contributed by atoms with Crippen LogP contribution in [0.4, 0.5) is 30.6 Å². The van der Waals surface area contributed by atoms with Crippen LogP contribution in [0, 0.1) is 0 Å². The van der Waals surface area contributed by atoms with Gasteiger partial charge in [0.1, 0.15) is 10.5 Å². The van der Waals surface area contributed by atoms with E-state index in [9.17, 15) is 13.2 Å². The predicted molar refractivity (Wildman–Crippen MR) is 126 cm³/mol. The van der Waals surface area contributed by atoms with Gasteiger partial charge in [0, 0.05) is 35.2 Å². The summed E-state index contributed by atoms with van der Waals surface area (Å²) in [4.78, 5) is 16.7. The molecule has 0 amide bonds. The summed E-state index contributed by atoms with van der Waals surface area (Å²) in [5.41, 5.74) is 1.08. The molecule has 1 fully saturated rings. The third kappa shape index (κ3) is 4.58. The van der Waals surface area contributed by atoms with Crippen LogP contribution in [0.3, 0.4) is 0 Å². The number of benzene rings is 2. The van der Waals surface area contributed by atoms with Crippen LogP contribution in [0.5, 0.6) is 0 Å². The van der Waals surface area contributed by atoms with Gasteiger partial charge in [-0.15, -0.1) is 0 Å². The average molecular weight is 510 g/mol. The monoisotopic (exact) mass is 509 g/mol. The lowest BCUT2D eigenvalue weighted by Gasteiger charge is -2.30. The number of hydrogen-bond donors (Lipinski definition) is 1. The minimum atomic E-state index is -4.39. The van der Waals surface area contributed by atoms with Crippen molar-refractivity contribution in [3.63, 3.8) is 0 Å². The van der Waals surface area contributed by atoms with Crippen molar-refractivity contribution in [1.29, 1.82) is 0 Å². The lowest BCUT2D eigenvalue weighted by molar-refractivity contribution is -0.137. The number of nitrogens with one attached hydrogen (secondary N) is 1. The van der Waals surface area contributed by atoms with Gasteiger partial charge >= 0.3 is 6.18 Å². The van der Waals surface area contributed by atoms with Gasteiger partial charge in [-0.3, -0.25) is 0 Å². The van der Waals surface area contributed by atoms with Crippen LogP contribution < -0.4 is 10.2 Å². The largest absolute Gasteiger partial charge is 0.416 e. The summed E-state index contributed by atoms with van der Waals surface area (Å²) in [7, 11) is 0. The number of thiazole rings is 1. The number of anilines is 3. The molecular weight excluding hydrogens is 494 g/mol. The molecule has 0 atom stereocenters. The van der Waals surface area contributed by atoms with Crippen molar-refractivity contribution in [3.8, 4) is 0 Å². The molecule has 5 rings (SSSR count).